The molecule has 12 N–H and O–H groups in total. The number of nitrogens with zero attached hydrogens (tertiary/aromatic N) is 1. The zero-order valence-corrected chi connectivity index (χ0v) is 24.9. The van der Waals surface area contributed by atoms with E-state index in [1.807, 2.05) is 0 Å². The van der Waals surface area contributed by atoms with Crippen molar-refractivity contribution < 1.29 is 45.1 Å². The highest BCUT2D eigenvalue weighted by atomic mass is 32.2. The summed E-state index contributed by atoms with van der Waals surface area (Å²) in [6, 6.07) is 13.0. The molecule has 4 aromatic carbocycles. The zero-order valence-electron chi connectivity index (χ0n) is 23.2. The molecule has 4 rings (SSSR count). The van der Waals surface area contributed by atoms with Crippen molar-refractivity contribution in [3.8, 4) is 11.1 Å². The van der Waals surface area contributed by atoms with Crippen LogP contribution in [0.4, 0.5) is 22.7 Å². The van der Waals surface area contributed by atoms with E-state index >= 15 is 0 Å². The quantitative estimate of drug-likeness (QED) is 0.0929. The number of nitrogen functional groups attached to an aromatic ring is 1. The van der Waals surface area contributed by atoms with Crippen LogP contribution in [0.5, 0.6) is 0 Å². The Morgan fingerprint density at radius 3 is 1.57 bits per heavy atom. The third-order valence-corrected chi connectivity index (χ3v) is 8.44. The number of carbonyl (C=O) groups excluding carboxylic acids is 4. The van der Waals surface area contributed by atoms with Gasteiger partial charge in [-0.1, -0.05) is 18.2 Å². The Kier molecular flexibility index (Phi) is 8.58. The van der Waals surface area contributed by atoms with Gasteiger partial charge in [-0.05, 0) is 54.6 Å². The highest BCUT2D eigenvalue weighted by Gasteiger charge is 2.30. The van der Waals surface area contributed by atoms with E-state index in [0.29, 0.717) is 0 Å². The maximum absolute atomic E-state index is 12.8. The maximum atomic E-state index is 12.8. The molecule has 18 heteroatoms. The fourth-order valence-corrected chi connectivity index (χ4v) is 6.18. The third-order valence-electron chi connectivity index (χ3n) is 6.65. The maximum Gasteiger partial charge on any atom is 0.295 e. The highest BCUT2D eigenvalue weighted by molar-refractivity contribution is 7.86. The number of amides is 4. The van der Waals surface area contributed by atoms with Crippen molar-refractivity contribution in [3.05, 3.63) is 95.1 Å². The smallest absolute Gasteiger partial charge is 0.295 e. The highest BCUT2D eigenvalue weighted by Crippen LogP contribution is 2.44. The van der Waals surface area contributed by atoms with Gasteiger partial charge in [0, 0.05) is 28.1 Å². The van der Waals surface area contributed by atoms with Crippen LogP contribution in [0.15, 0.2) is 82.6 Å². The molecule has 0 atom stereocenters. The van der Waals surface area contributed by atoms with Gasteiger partial charge in [0.2, 0.25) is 5.91 Å². The second kappa shape index (κ2) is 11.9. The van der Waals surface area contributed by atoms with Gasteiger partial charge in [-0.15, -0.1) is 0 Å². The summed E-state index contributed by atoms with van der Waals surface area (Å²) in [6.07, 6.45) is 0. The van der Waals surface area contributed by atoms with Gasteiger partial charge in [0.05, 0.1) is 28.1 Å². The summed E-state index contributed by atoms with van der Waals surface area (Å²) in [6.45, 7) is 0. The summed E-state index contributed by atoms with van der Waals surface area (Å²) in [5, 5.41) is 0. The van der Waals surface area contributed by atoms with Crippen LogP contribution in [0, 0.1) is 0 Å². The number of anilines is 4. The van der Waals surface area contributed by atoms with Gasteiger partial charge < -0.3 is 33.6 Å². The summed E-state index contributed by atoms with van der Waals surface area (Å²) < 4.78 is 70.1. The molecule has 0 fully saturated rings. The van der Waals surface area contributed by atoms with Crippen LogP contribution >= 0.6 is 0 Å². The molecule has 4 aromatic rings. The normalized spacial score (nSPS) is 11.5. The Labute approximate surface area is 260 Å². The van der Waals surface area contributed by atoms with E-state index in [9.17, 15) is 45.1 Å². The minimum atomic E-state index is -5.26. The molecule has 238 valence electrons. The van der Waals surface area contributed by atoms with E-state index in [1.54, 1.807) is 0 Å². The fourth-order valence-electron chi connectivity index (χ4n) is 4.71. The number of benzene rings is 4. The molecule has 0 radical (unpaired) electrons. The van der Waals surface area contributed by atoms with Crippen molar-refractivity contribution in [2.45, 2.75) is 9.79 Å². The molecule has 46 heavy (non-hydrogen) atoms. The lowest BCUT2D eigenvalue weighted by Crippen LogP contribution is -2.26. The van der Waals surface area contributed by atoms with Gasteiger partial charge in [-0.25, -0.2) is 0 Å². The number of primary amides is 4. The SMILES string of the molecule is NC(=O)c1ccc(C(N)=O)c(N(c2ccc(-c3ccc(N)cc3S(=O)(=O)O)c(S(=O)(=O)O)c2)c2c(C(N)=O)cccc2C(N)=O)c1. The molecule has 0 saturated carbocycles. The molecular formula is C28H24N6O10S2. The van der Waals surface area contributed by atoms with Crippen molar-refractivity contribution in [2.24, 2.45) is 22.9 Å². The summed E-state index contributed by atoms with van der Waals surface area (Å²) in [5.41, 5.74) is 24.7. The Hall–Kier alpha value is -5.82. The predicted octanol–water partition coefficient (Wildman–Crippen LogP) is 1.29. The van der Waals surface area contributed by atoms with Crippen LogP contribution in [0.3, 0.4) is 0 Å². The minimum absolute atomic E-state index is 0.108. The van der Waals surface area contributed by atoms with Crippen LogP contribution in [-0.2, 0) is 20.2 Å². The largest absolute Gasteiger partial charge is 0.399 e. The summed E-state index contributed by atoms with van der Waals surface area (Å²) in [4.78, 5) is 49.2. The van der Waals surface area contributed by atoms with Crippen LogP contribution in [0.2, 0.25) is 0 Å². The number of para-hydroxylation sites is 1. The van der Waals surface area contributed by atoms with E-state index in [2.05, 4.69) is 0 Å². The third kappa shape index (κ3) is 6.35. The van der Waals surface area contributed by atoms with Crippen LogP contribution in [0.25, 0.3) is 11.1 Å². The topological polar surface area (TPSA) is 310 Å². The average Bonchev–Trinajstić information content (AvgIpc) is 2.96. The molecule has 16 nitrogen and oxygen atoms in total. The van der Waals surface area contributed by atoms with Crippen molar-refractivity contribution in [1.82, 2.24) is 0 Å². The van der Waals surface area contributed by atoms with Crippen molar-refractivity contribution in [1.29, 1.82) is 0 Å². The molecular weight excluding hydrogens is 644 g/mol. The number of carbonyl (C=O) groups is 4. The predicted molar refractivity (Wildman–Crippen MR) is 165 cm³/mol. The van der Waals surface area contributed by atoms with E-state index in [1.165, 1.54) is 24.3 Å². The molecule has 0 aliphatic carbocycles. The van der Waals surface area contributed by atoms with E-state index in [4.69, 9.17) is 28.7 Å². The number of rotatable bonds is 10. The van der Waals surface area contributed by atoms with Gasteiger partial charge >= 0.3 is 0 Å². The first-order chi connectivity index (χ1) is 21.3. The molecule has 0 aromatic heterocycles. The van der Waals surface area contributed by atoms with Crippen LogP contribution < -0.4 is 33.6 Å². The summed E-state index contributed by atoms with van der Waals surface area (Å²) >= 11 is 0. The monoisotopic (exact) mass is 668 g/mol. The van der Waals surface area contributed by atoms with Crippen molar-refractivity contribution in [3.63, 3.8) is 0 Å². The molecule has 0 aliphatic heterocycles. The molecule has 0 aliphatic rings. The fraction of sp³-hybridized carbons (Fsp3) is 0. The van der Waals surface area contributed by atoms with Crippen LogP contribution in [0.1, 0.15) is 41.4 Å². The standard InChI is InChI=1S/C28H24N6O10S2/c29-14-5-8-16(22(11-14)45(39,40)41)17-9-6-15(12-23(17)46(42,43)44)34(21-10-13(25(30)35)4-7-18(21)26(31)36)24-19(27(32)37)2-1-3-20(24)28(33)38/h1-12H,29H2,(H2,30,35)(H2,31,36)(H2,32,37)(H2,33,38)(H,39,40,41)(H,42,43,44). The molecule has 0 heterocycles. The van der Waals surface area contributed by atoms with Crippen molar-refractivity contribution in [2.75, 3.05) is 10.6 Å². The Bertz CT molecular complexity index is 2170. The molecule has 0 bridgehead atoms. The van der Waals surface area contributed by atoms with Gasteiger partial charge in [0.1, 0.15) is 9.79 Å². The van der Waals surface area contributed by atoms with E-state index in [0.717, 1.165) is 53.4 Å². The lowest BCUT2D eigenvalue weighted by Gasteiger charge is -2.30. The molecule has 4 amide bonds. The Morgan fingerprint density at radius 2 is 1.09 bits per heavy atom. The second-order valence-corrected chi connectivity index (χ2v) is 12.4. The first kappa shape index (κ1) is 33.1. The van der Waals surface area contributed by atoms with E-state index < -0.39 is 70.5 Å². The van der Waals surface area contributed by atoms with Crippen molar-refractivity contribution >= 4 is 66.6 Å². The summed E-state index contributed by atoms with van der Waals surface area (Å²) in [7, 11) is -10.3. The number of nitrogens with two attached hydrogens (primary N) is 5. The number of hydrogen-bond acceptors (Lipinski definition) is 10. The first-order valence-electron chi connectivity index (χ1n) is 12.6. The number of hydrogen-bond donors (Lipinski definition) is 7. The average molecular weight is 669 g/mol. The molecule has 0 spiro atoms. The Balaban J connectivity index is 2.23. The lowest BCUT2D eigenvalue weighted by molar-refractivity contribution is 0.0988. The second-order valence-electron chi connectivity index (χ2n) is 9.61. The summed E-state index contributed by atoms with van der Waals surface area (Å²) in [5.74, 6) is -4.28. The van der Waals surface area contributed by atoms with Gasteiger partial charge in [0.25, 0.3) is 38.0 Å². The van der Waals surface area contributed by atoms with Crippen LogP contribution in [-0.4, -0.2) is 49.6 Å². The first-order valence-corrected chi connectivity index (χ1v) is 15.5. The molecule has 0 unspecified atom stereocenters. The lowest BCUT2D eigenvalue weighted by atomic mass is 9.99. The Morgan fingerprint density at radius 1 is 0.587 bits per heavy atom. The van der Waals surface area contributed by atoms with Gasteiger partial charge in [-0.3, -0.25) is 28.3 Å². The molecule has 0 saturated heterocycles. The van der Waals surface area contributed by atoms with Gasteiger partial charge in [0.15, 0.2) is 0 Å². The zero-order chi connectivity index (χ0) is 34.3. The minimum Gasteiger partial charge on any atom is -0.399 e. The van der Waals surface area contributed by atoms with E-state index in [-0.39, 0.29) is 39.3 Å². The van der Waals surface area contributed by atoms with Gasteiger partial charge in [-0.2, -0.15) is 16.8 Å².